The highest BCUT2D eigenvalue weighted by Gasteiger charge is 2.42. The molecule has 0 aromatic heterocycles. The van der Waals surface area contributed by atoms with Crippen molar-refractivity contribution in [2.24, 2.45) is 5.92 Å². The molecular weight excluding hydrogens is 174 g/mol. The first kappa shape index (κ1) is 12.0. The number of aliphatic hydroxyl groups is 1. The second kappa shape index (κ2) is 4.63. The summed E-state index contributed by atoms with van der Waals surface area (Å²) < 4.78 is 0. The van der Waals surface area contributed by atoms with Gasteiger partial charge in [-0.15, -0.1) is 0 Å². The van der Waals surface area contributed by atoms with E-state index in [4.69, 9.17) is 0 Å². The summed E-state index contributed by atoms with van der Waals surface area (Å²) in [5, 5.41) is 10.5. The van der Waals surface area contributed by atoms with Crippen molar-refractivity contribution < 1.29 is 10.0 Å². The molecule has 0 radical (unpaired) electrons. The average Bonchev–Trinajstić information content (AvgIpc) is 2.12. The van der Waals surface area contributed by atoms with Crippen LogP contribution >= 0.6 is 0 Å². The number of rotatable bonds is 3. The molecule has 14 heavy (non-hydrogen) atoms. The molecule has 84 valence electrons. The minimum Gasteiger partial charge on any atom is -0.389 e. The van der Waals surface area contributed by atoms with Crippen LogP contribution in [0.3, 0.4) is 0 Å². The average molecular weight is 200 g/mol. The van der Waals surface area contributed by atoms with Crippen LogP contribution in [-0.2, 0) is 0 Å². The van der Waals surface area contributed by atoms with E-state index in [0.717, 1.165) is 25.8 Å². The van der Waals surface area contributed by atoms with Crippen molar-refractivity contribution in [3.05, 3.63) is 0 Å². The monoisotopic (exact) mass is 200 g/mol. The summed E-state index contributed by atoms with van der Waals surface area (Å²) in [5.41, 5.74) is -0.380. The van der Waals surface area contributed by atoms with E-state index in [0.29, 0.717) is 12.0 Å². The van der Waals surface area contributed by atoms with Crippen LogP contribution in [0.25, 0.3) is 0 Å². The minimum atomic E-state index is -0.380. The molecule has 2 heteroatoms. The van der Waals surface area contributed by atoms with Crippen molar-refractivity contribution in [3.8, 4) is 0 Å². The number of hydrogen-bond acceptors (Lipinski definition) is 1. The van der Waals surface area contributed by atoms with Crippen molar-refractivity contribution in [1.29, 1.82) is 0 Å². The van der Waals surface area contributed by atoms with Crippen LogP contribution in [0.15, 0.2) is 0 Å². The van der Waals surface area contributed by atoms with E-state index in [1.54, 1.807) is 4.90 Å². The maximum Gasteiger partial charge on any atom is 0.0872 e. The Morgan fingerprint density at radius 1 is 1.43 bits per heavy atom. The highest BCUT2D eigenvalue weighted by Crippen LogP contribution is 2.29. The van der Waals surface area contributed by atoms with Gasteiger partial charge in [0.05, 0.1) is 25.2 Å². The fourth-order valence-corrected chi connectivity index (χ4v) is 2.61. The second-order valence-electron chi connectivity index (χ2n) is 5.26. The van der Waals surface area contributed by atoms with E-state index < -0.39 is 0 Å². The largest absolute Gasteiger partial charge is 0.389 e. The molecule has 0 aromatic carbocycles. The van der Waals surface area contributed by atoms with Gasteiger partial charge in [-0.25, -0.2) is 0 Å². The van der Waals surface area contributed by atoms with Crippen LogP contribution in [0.2, 0.25) is 0 Å². The summed E-state index contributed by atoms with van der Waals surface area (Å²) in [6, 6.07) is 0.605. The van der Waals surface area contributed by atoms with Crippen molar-refractivity contribution >= 4 is 0 Å². The zero-order valence-electron chi connectivity index (χ0n) is 10.1. The Morgan fingerprint density at radius 3 is 2.64 bits per heavy atom. The molecule has 4 atom stereocenters. The van der Waals surface area contributed by atoms with E-state index in [-0.39, 0.29) is 5.60 Å². The third-order valence-electron chi connectivity index (χ3n) is 4.01. The molecule has 1 unspecified atom stereocenters. The topological polar surface area (TPSA) is 24.7 Å². The van der Waals surface area contributed by atoms with Gasteiger partial charge in [0.15, 0.2) is 0 Å². The smallest absolute Gasteiger partial charge is 0.0872 e. The first-order valence-corrected chi connectivity index (χ1v) is 6.04. The quantitative estimate of drug-likeness (QED) is 0.694. The lowest BCUT2D eigenvalue weighted by Gasteiger charge is -2.43. The third kappa shape index (κ3) is 2.48. The summed E-state index contributed by atoms with van der Waals surface area (Å²) in [6.45, 7) is 7.75. The van der Waals surface area contributed by atoms with Gasteiger partial charge in [0.2, 0.25) is 0 Å². The molecule has 1 saturated heterocycles. The van der Waals surface area contributed by atoms with Gasteiger partial charge >= 0.3 is 0 Å². The molecule has 0 saturated carbocycles. The zero-order valence-corrected chi connectivity index (χ0v) is 10.1. The van der Waals surface area contributed by atoms with Gasteiger partial charge in [-0.1, -0.05) is 26.7 Å². The maximum atomic E-state index is 10.5. The lowest BCUT2D eigenvalue weighted by molar-refractivity contribution is -0.916. The van der Waals surface area contributed by atoms with Gasteiger partial charge in [-0.05, 0) is 13.3 Å². The van der Waals surface area contributed by atoms with E-state index in [1.807, 2.05) is 0 Å². The molecule has 1 rings (SSSR count). The Hall–Kier alpha value is -0.0800. The maximum absolute atomic E-state index is 10.5. The molecule has 1 aliphatic rings. The predicted octanol–water partition coefficient (Wildman–Crippen LogP) is 0.851. The van der Waals surface area contributed by atoms with E-state index in [2.05, 4.69) is 27.8 Å². The molecule has 0 spiro atoms. The van der Waals surface area contributed by atoms with Crippen LogP contribution in [0.4, 0.5) is 0 Å². The number of nitrogens with one attached hydrogen (secondary N) is 1. The van der Waals surface area contributed by atoms with Gasteiger partial charge in [-0.3, -0.25) is 0 Å². The lowest BCUT2D eigenvalue weighted by atomic mass is 9.76. The van der Waals surface area contributed by atoms with Gasteiger partial charge in [-0.2, -0.15) is 0 Å². The highest BCUT2D eigenvalue weighted by molar-refractivity contribution is 4.88. The molecule has 1 aliphatic heterocycles. The Labute approximate surface area is 88.3 Å². The summed E-state index contributed by atoms with van der Waals surface area (Å²) in [5.74, 6) is 0.449. The van der Waals surface area contributed by atoms with Crippen molar-refractivity contribution in [3.63, 3.8) is 0 Å². The van der Waals surface area contributed by atoms with Gasteiger partial charge < -0.3 is 10.0 Å². The molecule has 0 aromatic rings. The molecule has 1 heterocycles. The van der Waals surface area contributed by atoms with Crippen LogP contribution < -0.4 is 4.90 Å². The number of likely N-dealkylation sites (tertiary alicyclic amines) is 1. The Morgan fingerprint density at radius 2 is 2.07 bits per heavy atom. The molecule has 0 aliphatic carbocycles. The van der Waals surface area contributed by atoms with E-state index in [1.165, 1.54) is 6.42 Å². The molecule has 0 bridgehead atoms. The standard InChI is InChI=1S/C12H25NO/c1-5-6-7-12(14)8-11(3)13(4)9-10(12)2/h10-11,14H,5-9H2,1-4H3/p+1/t10-,11-,12+/m0/s1. The highest BCUT2D eigenvalue weighted by atomic mass is 16.3. The minimum absolute atomic E-state index is 0.380. The zero-order chi connectivity index (χ0) is 10.8. The SMILES string of the molecule is CCCC[C@@]1(O)C[C@H](C)[NH+](C)C[C@@H]1C. The summed E-state index contributed by atoms with van der Waals surface area (Å²) in [4.78, 5) is 1.57. The van der Waals surface area contributed by atoms with E-state index >= 15 is 0 Å². The lowest BCUT2D eigenvalue weighted by Crippen LogP contribution is -3.15. The molecular formula is C12H26NO+. The fourth-order valence-electron chi connectivity index (χ4n) is 2.61. The Balaban J connectivity index is 2.58. The first-order chi connectivity index (χ1) is 6.49. The Kier molecular flexibility index (Phi) is 3.96. The molecule has 2 nitrogen and oxygen atoms in total. The summed E-state index contributed by atoms with van der Waals surface area (Å²) in [6.07, 6.45) is 4.31. The number of hydrogen-bond donors (Lipinski definition) is 2. The summed E-state index contributed by atoms with van der Waals surface area (Å²) >= 11 is 0. The Bertz CT molecular complexity index is 183. The molecule has 0 amide bonds. The van der Waals surface area contributed by atoms with Crippen molar-refractivity contribution in [2.45, 2.75) is 58.1 Å². The van der Waals surface area contributed by atoms with E-state index in [9.17, 15) is 5.11 Å². The van der Waals surface area contributed by atoms with Crippen molar-refractivity contribution in [1.82, 2.24) is 0 Å². The van der Waals surface area contributed by atoms with Crippen LogP contribution in [0.5, 0.6) is 0 Å². The first-order valence-electron chi connectivity index (χ1n) is 6.04. The second-order valence-corrected chi connectivity index (χ2v) is 5.26. The van der Waals surface area contributed by atoms with Crippen LogP contribution in [-0.4, -0.2) is 30.3 Å². The van der Waals surface area contributed by atoms with Crippen LogP contribution in [0.1, 0.15) is 46.5 Å². The predicted molar refractivity (Wildman–Crippen MR) is 59.5 cm³/mol. The summed E-state index contributed by atoms with van der Waals surface area (Å²) in [7, 11) is 2.24. The van der Waals surface area contributed by atoms with Gasteiger partial charge in [0.1, 0.15) is 0 Å². The van der Waals surface area contributed by atoms with Crippen LogP contribution in [0, 0.1) is 5.92 Å². The van der Waals surface area contributed by atoms with Gasteiger partial charge in [0.25, 0.3) is 0 Å². The number of piperidine rings is 1. The molecule has 2 N–H and O–H groups in total. The molecule has 1 fully saturated rings. The number of quaternary nitrogens is 1. The fraction of sp³-hybridized carbons (Fsp3) is 1.00. The third-order valence-corrected chi connectivity index (χ3v) is 4.01. The number of unbranched alkanes of at least 4 members (excludes halogenated alkanes) is 1. The normalized spacial score (nSPS) is 43.9. The van der Waals surface area contributed by atoms with Crippen molar-refractivity contribution in [2.75, 3.05) is 13.6 Å². The van der Waals surface area contributed by atoms with Gasteiger partial charge in [0, 0.05) is 12.3 Å².